The predicted octanol–water partition coefficient (Wildman–Crippen LogP) is 3.66. The van der Waals surface area contributed by atoms with E-state index in [1.807, 2.05) is 0 Å². The smallest absolute Gasteiger partial charge is 0.322 e. The molecule has 26 heavy (non-hydrogen) atoms. The molecular weight excluding hydrogens is 364 g/mol. The minimum Gasteiger partial charge on any atom is -0.421 e. The van der Waals surface area contributed by atoms with Crippen molar-refractivity contribution in [3.05, 3.63) is 72.1 Å². The average Bonchev–Trinajstić information content (AvgIpc) is 2.58. The molecule has 134 valence electrons. The number of nitrogens with zero attached hydrogens (tertiary/aromatic N) is 2. The summed E-state index contributed by atoms with van der Waals surface area (Å²) in [6.07, 6.45) is 2.36. The predicted molar refractivity (Wildman–Crippen MR) is 90.5 cm³/mol. The quantitative estimate of drug-likeness (QED) is 0.734. The molecule has 1 heterocycles. The number of para-hydroxylation sites is 1. The van der Waals surface area contributed by atoms with Crippen molar-refractivity contribution in [2.45, 2.75) is 11.8 Å². The lowest BCUT2D eigenvalue weighted by Gasteiger charge is -2.10. The lowest BCUT2D eigenvalue weighted by atomic mass is 10.2. The summed E-state index contributed by atoms with van der Waals surface area (Å²) < 4.78 is 58.9. The summed E-state index contributed by atoms with van der Waals surface area (Å²) in [5.41, 5.74) is 0.340. The van der Waals surface area contributed by atoms with Gasteiger partial charge in [0.2, 0.25) is 0 Å². The van der Waals surface area contributed by atoms with E-state index < -0.39 is 21.7 Å². The van der Waals surface area contributed by atoms with E-state index in [4.69, 9.17) is 4.74 Å². The molecule has 0 saturated carbocycles. The molecule has 3 aromatic rings. The highest BCUT2D eigenvalue weighted by atomic mass is 32.2. The molecule has 9 heteroatoms. The first-order chi connectivity index (χ1) is 12.3. The number of anilines is 1. The van der Waals surface area contributed by atoms with Gasteiger partial charge in [-0.3, -0.25) is 4.72 Å². The highest BCUT2D eigenvalue weighted by Gasteiger charge is 2.18. The van der Waals surface area contributed by atoms with Crippen molar-refractivity contribution in [1.82, 2.24) is 9.97 Å². The Balaban J connectivity index is 1.77. The summed E-state index contributed by atoms with van der Waals surface area (Å²) in [5.74, 6) is -1.16. The first-order valence-electron chi connectivity index (χ1n) is 7.38. The van der Waals surface area contributed by atoms with Gasteiger partial charge in [-0.15, -0.1) is 0 Å². The van der Waals surface area contributed by atoms with Crippen LogP contribution in [0.4, 0.5) is 14.5 Å². The zero-order valence-corrected chi connectivity index (χ0v) is 14.3. The van der Waals surface area contributed by atoms with Gasteiger partial charge in [0.15, 0.2) is 11.6 Å². The first-order valence-corrected chi connectivity index (χ1v) is 8.87. The summed E-state index contributed by atoms with van der Waals surface area (Å²) in [4.78, 5) is 7.62. The molecule has 3 rings (SSSR count). The van der Waals surface area contributed by atoms with E-state index in [1.165, 1.54) is 43.6 Å². The van der Waals surface area contributed by atoms with Gasteiger partial charge in [-0.2, -0.15) is 0 Å². The molecule has 0 aliphatic heterocycles. The van der Waals surface area contributed by atoms with Gasteiger partial charge in [-0.1, -0.05) is 12.1 Å². The molecule has 2 aromatic carbocycles. The molecule has 0 amide bonds. The maximum absolute atomic E-state index is 13.5. The number of hydrogen-bond donors (Lipinski definition) is 1. The third-order valence-electron chi connectivity index (χ3n) is 3.34. The topological polar surface area (TPSA) is 81.2 Å². The molecule has 1 N–H and O–H groups in total. The maximum atomic E-state index is 13.5. The van der Waals surface area contributed by atoms with Gasteiger partial charge in [0.25, 0.3) is 10.0 Å². The van der Waals surface area contributed by atoms with E-state index in [0.29, 0.717) is 0 Å². The normalized spacial score (nSPS) is 11.2. The zero-order chi connectivity index (χ0) is 18.7. The molecule has 0 aliphatic carbocycles. The largest absolute Gasteiger partial charge is 0.421 e. The molecule has 0 unspecified atom stereocenters. The molecule has 0 bridgehead atoms. The van der Waals surface area contributed by atoms with Crippen molar-refractivity contribution in [3.8, 4) is 11.8 Å². The minimum atomic E-state index is -3.94. The Morgan fingerprint density at radius 2 is 1.73 bits per heavy atom. The standard InChI is InChI=1S/C17H13F2N3O3S/c1-11-8-12(18)6-7-16(11)26(23,24)22-13-9-20-17(21-10-13)25-15-5-3-2-4-14(15)19/h2-10,22H,1H3. The van der Waals surface area contributed by atoms with Crippen LogP contribution in [0.3, 0.4) is 0 Å². The number of ether oxygens (including phenoxy) is 1. The van der Waals surface area contributed by atoms with E-state index in [0.717, 1.165) is 12.1 Å². The first kappa shape index (κ1) is 17.7. The Hall–Kier alpha value is -3.07. The van der Waals surface area contributed by atoms with Gasteiger partial charge in [-0.05, 0) is 42.8 Å². The van der Waals surface area contributed by atoms with Crippen LogP contribution in [0.1, 0.15) is 5.56 Å². The van der Waals surface area contributed by atoms with Crippen LogP contribution in [0.5, 0.6) is 11.8 Å². The van der Waals surface area contributed by atoms with Gasteiger partial charge in [-0.25, -0.2) is 27.2 Å². The molecule has 0 radical (unpaired) electrons. The van der Waals surface area contributed by atoms with E-state index in [9.17, 15) is 17.2 Å². The van der Waals surface area contributed by atoms with Crippen LogP contribution in [0.15, 0.2) is 59.8 Å². The van der Waals surface area contributed by atoms with Crippen molar-refractivity contribution < 1.29 is 21.9 Å². The van der Waals surface area contributed by atoms with Crippen molar-refractivity contribution in [2.75, 3.05) is 4.72 Å². The molecular formula is C17H13F2N3O3S. The number of hydrogen-bond acceptors (Lipinski definition) is 5. The Morgan fingerprint density at radius 1 is 1.04 bits per heavy atom. The second kappa shape index (κ2) is 7.04. The second-order valence-corrected chi connectivity index (χ2v) is 6.95. The van der Waals surface area contributed by atoms with Crippen LogP contribution < -0.4 is 9.46 Å². The molecule has 0 saturated heterocycles. The summed E-state index contributed by atoms with van der Waals surface area (Å²) in [5, 5.41) is 0. The number of sulfonamides is 1. The fraction of sp³-hybridized carbons (Fsp3) is 0.0588. The lowest BCUT2D eigenvalue weighted by molar-refractivity contribution is 0.411. The fourth-order valence-corrected chi connectivity index (χ4v) is 3.43. The summed E-state index contributed by atoms with van der Waals surface area (Å²) in [6.45, 7) is 1.49. The minimum absolute atomic E-state index is 0.0530. The highest BCUT2D eigenvalue weighted by molar-refractivity contribution is 7.92. The van der Waals surface area contributed by atoms with E-state index in [-0.39, 0.29) is 27.9 Å². The van der Waals surface area contributed by atoms with E-state index in [1.54, 1.807) is 6.07 Å². The molecule has 1 aromatic heterocycles. The van der Waals surface area contributed by atoms with Gasteiger partial charge >= 0.3 is 6.01 Å². The highest BCUT2D eigenvalue weighted by Crippen LogP contribution is 2.23. The lowest BCUT2D eigenvalue weighted by Crippen LogP contribution is -2.14. The number of aryl methyl sites for hydroxylation is 1. The summed E-state index contributed by atoms with van der Waals surface area (Å²) >= 11 is 0. The Kier molecular flexibility index (Phi) is 4.81. The molecule has 0 fully saturated rings. The Labute approximate surface area is 148 Å². The Morgan fingerprint density at radius 3 is 2.38 bits per heavy atom. The number of nitrogens with one attached hydrogen (secondary N) is 1. The van der Waals surface area contributed by atoms with Crippen molar-refractivity contribution >= 4 is 15.7 Å². The van der Waals surface area contributed by atoms with Crippen LogP contribution in [-0.4, -0.2) is 18.4 Å². The van der Waals surface area contributed by atoms with Crippen LogP contribution >= 0.6 is 0 Å². The number of halogens is 2. The Bertz CT molecular complexity index is 1040. The fourth-order valence-electron chi connectivity index (χ4n) is 2.17. The molecule has 0 spiro atoms. The average molecular weight is 377 g/mol. The maximum Gasteiger partial charge on any atom is 0.322 e. The molecule has 0 atom stereocenters. The number of benzene rings is 2. The summed E-state index contributed by atoms with van der Waals surface area (Å²) in [6, 6.07) is 8.94. The summed E-state index contributed by atoms with van der Waals surface area (Å²) in [7, 11) is -3.94. The van der Waals surface area contributed by atoms with Gasteiger partial charge in [0.1, 0.15) is 5.82 Å². The van der Waals surface area contributed by atoms with E-state index in [2.05, 4.69) is 14.7 Å². The van der Waals surface area contributed by atoms with Gasteiger partial charge < -0.3 is 4.74 Å². The number of rotatable bonds is 5. The van der Waals surface area contributed by atoms with Crippen LogP contribution in [0.2, 0.25) is 0 Å². The second-order valence-electron chi connectivity index (χ2n) is 5.30. The van der Waals surface area contributed by atoms with Crippen LogP contribution in [-0.2, 0) is 10.0 Å². The van der Waals surface area contributed by atoms with Crippen molar-refractivity contribution in [2.24, 2.45) is 0 Å². The van der Waals surface area contributed by atoms with Crippen LogP contribution in [0, 0.1) is 18.6 Å². The SMILES string of the molecule is Cc1cc(F)ccc1S(=O)(=O)Nc1cnc(Oc2ccccc2F)nc1. The third-order valence-corrected chi connectivity index (χ3v) is 4.89. The van der Waals surface area contributed by atoms with Gasteiger partial charge in [0, 0.05) is 0 Å². The third kappa shape index (κ3) is 3.94. The monoisotopic (exact) mass is 377 g/mol. The number of aromatic nitrogens is 2. The zero-order valence-electron chi connectivity index (χ0n) is 13.5. The van der Waals surface area contributed by atoms with Crippen LogP contribution in [0.25, 0.3) is 0 Å². The molecule has 6 nitrogen and oxygen atoms in total. The van der Waals surface area contributed by atoms with Gasteiger partial charge in [0.05, 0.1) is 23.0 Å². The molecule has 0 aliphatic rings. The van der Waals surface area contributed by atoms with E-state index >= 15 is 0 Å². The van der Waals surface area contributed by atoms with Crippen molar-refractivity contribution in [1.29, 1.82) is 0 Å². The van der Waals surface area contributed by atoms with Crippen molar-refractivity contribution in [3.63, 3.8) is 0 Å².